The summed E-state index contributed by atoms with van der Waals surface area (Å²) in [6, 6.07) is 9.98. The van der Waals surface area contributed by atoms with Crippen LogP contribution in [0.3, 0.4) is 0 Å². The van der Waals surface area contributed by atoms with Crippen LogP contribution in [0, 0.1) is 0 Å². The maximum absolute atomic E-state index is 13.7. The standard InChI is InChI=1S/C17H9ClF3NO2/c18-12-6-2-1-5-10(12)13-14(17(19,20)21)11(16(23)24)8-9-4-3-7-22-15(9)13/h1-8H,(H,23,24). The number of rotatable bonds is 2. The summed E-state index contributed by atoms with van der Waals surface area (Å²) < 4.78 is 41.0. The van der Waals surface area contributed by atoms with Crippen LogP contribution in [0.4, 0.5) is 13.2 Å². The second-order valence-corrected chi connectivity index (χ2v) is 5.44. The van der Waals surface area contributed by atoms with E-state index >= 15 is 0 Å². The summed E-state index contributed by atoms with van der Waals surface area (Å²) in [5, 5.41) is 9.65. The topological polar surface area (TPSA) is 50.2 Å². The third-order valence-electron chi connectivity index (χ3n) is 3.55. The average Bonchev–Trinajstić information content (AvgIpc) is 2.52. The molecule has 0 fully saturated rings. The first-order valence-electron chi connectivity index (χ1n) is 6.78. The van der Waals surface area contributed by atoms with Gasteiger partial charge in [0.05, 0.1) is 16.6 Å². The zero-order chi connectivity index (χ0) is 17.5. The van der Waals surface area contributed by atoms with Crippen LogP contribution in [-0.2, 0) is 6.18 Å². The molecule has 0 aliphatic heterocycles. The maximum Gasteiger partial charge on any atom is 0.417 e. The van der Waals surface area contributed by atoms with E-state index in [0.717, 1.165) is 6.07 Å². The molecule has 3 nitrogen and oxygen atoms in total. The number of carboxylic acids is 1. The summed E-state index contributed by atoms with van der Waals surface area (Å²) in [6.07, 6.45) is -3.53. The average molecular weight is 352 g/mol. The third kappa shape index (κ3) is 2.69. The van der Waals surface area contributed by atoms with E-state index in [4.69, 9.17) is 11.6 Å². The van der Waals surface area contributed by atoms with Crippen molar-refractivity contribution in [2.45, 2.75) is 6.18 Å². The number of carbonyl (C=O) groups is 1. The van der Waals surface area contributed by atoms with E-state index in [9.17, 15) is 23.1 Å². The largest absolute Gasteiger partial charge is 0.478 e. The number of fused-ring (bicyclic) bond motifs is 1. The van der Waals surface area contributed by atoms with Crippen LogP contribution in [-0.4, -0.2) is 16.1 Å². The smallest absolute Gasteiger partial charge is 0.417 e. The van der Waals surface area contributed by atoms with Gasteiger partial charge in [-0.05, 0) is 18.2 Å². The van der Waals surface area contributed by atoms with Crippen molar-refractivity contribution in [2.75, 3.05) is 0 Å². The predicted octanol–water partition coefficient (Wildman–Crippen LogP) is 5.27. The van der Waals surface area contributed by atoms with Crippen molar-refractivity contribution in [1.29, 1.82) is 0 Å². The molecule has 0 saturated heterocycles. The van der Waals surface area contributed by atoms with Crippen molar-refractivity contribution in [3.63, 3.8) is 0 Å². The number of hydrogen-bond acceptors (Lipinski definition) is 2. The summed E-state index contributed by atoms with van der Waals surface area (Å²) in [7, 11) is 0. The van der Waals surface area contributed by atoms with Gasteiger partial charge in [-0.15, -0.1) is 0 Å². The lowest BCUT2D eigenvalue weighted by Gasteiger charge is -2.18. The van der Waals surface area contributed by atoms with Crippen LogP contribution in [0.5, 0.6) is 0 Å². The van der Waals surface area contributed by atoms with Crippen molar-refractivity contribution in [3.05, 3.63) is 64.8 Å². The molecule has 1 N–H and O–H groups in total. The lowest BCUT2D eigenvalue weighted by molar-refractivity contribution is -0.137. The summed E-state index contributed by atoms with van der Waals surface area (Å²) >= 11 is 6.07. The van der Waals surface area contributed by atoms with Crippen molar-refractivity contribution >= 4 is 28.5 Å². The quantitative estimate of drug-likeness (QED) is 0.684. The van der Waals surface area contributed by atoms with Gasteiger partial charge in [0.1, 0.15) is 0 Å². The SMILES string of the molecule is O=C(O)c1cc2cccnc2c(-c2ccccc2Cl)c1C(F)(F)F. The summed E-state index contributed by atoms with van der Waals surface area (Å²) in [6.45, 7) is 0. The van der Waals surface area contributed by atoms with Crippen molar-refractivity contribution in [3.8, 4) is 11.1 Å². The fourth-order valence-corrected chi connectivity index (χ4v) is 2.84. The molecule has 0 saturated carbocycles. The van der Waals surface area contributed by atoms with E-state index in [2.05, 4.69) is 4.98 Å². The zero-order valence-corrected chi connectivity index (χ0v) is 12.7. The molecule has 0 radical (unpaired) electrons. The number of carboxylic acid groups (broad SMARTS) is 1. The Kier molecular flexibility index (Phi) is 3.93. The summed E-state index contributed by atoms with van der Waals surface area (Å²) in [4.78, 5) is 15.4. The summed E-state index contributed by atoms with van der Waals surface area (Å²) in [5.41, 5.74) is -2.29. The molecule has 122 valence electrons. The highest BCUT2D eigenvalue weighted by Gasteiger charge is 2.40. The molecule has 2 aromatic carbocycles. The number of pyridine rings is 1. The lowest BCUT2D eigenvalue weighted by Crippen LogP contribution is -2.15. The molecule has 0 unspecified atom stereocenters. The molecular formula is C17H9ClF3NO2. The molecule has 3 rings (SSSR count). The number of nitrogens with zero attached hydrogens (tertiary/aromatic N) is 1. The molecule has 0 spiro atoms. The fraction of sp³-hybridized carbons (Fsp3) is 0.0588. The van der Waals surface area contributed by atoms with Gasteiger partial charge < -0.3 is 5.11 Å². The molecule has 1 aromatic heterocycles. The van der Waals surface area contributed by atoms with Gasteiger partial charge in [-0.25, -0.2) is 4.79 Å². The van der Waals surface area contributed by atoms with Crippen LogP contribution in [0.25, 0.3) is 22.0 Å². The van der Waals surface area contributed by atoms with Crippen molar-refractivity contribution in [2.24, 2.45) is 0 Å². The molecule has 0 atom stereocenters. The van der Waals surface area contributed by atoms with E-state index in [1.54, 1.807) is 6.07 Å². The number of benzene rings is 2. The number of aromatic carboxylic acids is 1. The second kappa shape index (κ2) is 5.79. The number of halogens is 4. The Bertz CT molecular complexity index is 954. The maximum atomic E-state index is 13.7. The molecule has 0 amide bonds. The van der Waals surface area contributed by atoms with Gasteiger partial charge >= 0.3 is 12.1 Å². The molecular weight excluding hydrogens is 343 g/mol. The highest BCUT2D eigenvalue weighted by Crippen LogP contribution is 2.44. The number of alkyl halides is 3. The Morgan fingerprint density at radius 1 is 1.12 bits per heavy atom. The first kappa shape index (κ1) is 16.3. The summed E-state index contributed by atoms with van der Waals surface area (Å²) in [5.74, 6) is -1.67. The highest BCUT2D eigenvalue weighted by molar-refractivity contribution is 6.33. The van der Waals surface area contributed by atoms with Crippen molar-refractivity contribution < 1.29 is 23.1 Å². The van der Waals surface area contributed by atoms with Gasteiger partial charge in [0, 0.05) is 27.7 Å². The number of aromatic nitrogens is 1. The second-order valence-electron chi connectivity index (χ2n) is 5.03. The molecule has 24 heavy (non-hydrogen) atoms. The zero-order valence-electron chi connectivity index (χ0n) is 11.9. The van der Waals surface area contributed by atoms with Gasteiger partial charge in [-0.3, -0.25) is 4.98 Å². The van der Waals surface area contributed by atoms with E-state index in [1.165, 1.54) is 36.5 Å². The monoisotopic (exact) mass is 351 g/mol. The molecule has 0 aliphatic carbocycles. The molecule has 1 heterocycles. The van der Waals surface area contributed by atoms with Gasteiger partial charge in [0.2, 0.25) is 0 Å². The van der Waals surface area contributed by atoms with Gasteiger partial charge in [-0.2, -0.15) is 13.2 Å². The van der Waals surface area contributed by atoms with Crippen LogP contribution in [0.15, 0.2) is 48.7 Å². The van der Waals surface area contributed by atoms with Gasteiger partial charge in [-0.1, -0.05) is 35.9 Å². The molecule has 7 heteroatoms. The minimum absolute atomic E-state index is 0.0444. The normalized spacial score (nSPS) is 11.7. The van der Waals surface area contributed by atoms with Crippen LogP contribution in [0.2, 0.25) is 5.02 Å². The lowest BCUT2D eigenvalue weighted by atomic mass is 9.91. The minimum Gasteiger partial charge on any atom is -0.478 e. The first-order chi connectivity index (χ1) is 11.3. The van der Waals surface area contributed by atoms with E-state index < -0.39 is 23.3 Å². The predicted molar refractivity (Wildman–Crippen MR) is 84.2 cm³/mol. The molecule has 0 bridgehead atoms. The Hall–Kier alpha value is -2.60. The van der Waals surface area contributed by atoms with Crippen LogP contribution in [0.1, 0.15) is 15.9 Å². The fourth-order valence-electron chi connectivity index (χ4n) is 2.61. The van der Waals surface area contributed by atoms with Gasteiger partial charge in [0.25, 0.3) is 0 Å². The molecule has 3 aromatic rings. The Balaban J connectivity index is 2.58. The Morgan fingerprint density at radius 3 is 2.46 bits per heavy atom. The van der Waals surface area contributed by atoms with E-state index in [1.807, 2.05) is 0 Å². The number of hydrogen-bond donors (Lipinski definition) is 1. The van der Waals surface area contributed by atoms with Crippen LogP contribution < -0.4 is 0 Å². The Morgan fingerprint density at radius 2 is 1.83 bits per heavy atom. The highest BCUT2D eigenvalue weighted by atomic mass is 35.5. The van der Waals surface area contributed by atoms with Crippen molar-refractivity contribution in [1.82, 2.24) is 4.98 Å². The minimum atomic E-state index is -4.88. The molecule has 0 aliphatic rings. The first-order valence-corrected chi connectivity index (χ1v) is 7.15. The Labute approximate surface area is 139 Å². The van der Waals surface area contributed by atoms with E-state index in [-0.39, 0.29) is 27.1 Å². The third-order valence-corrected chi connectivity index (χ3v) is 3.88. The van der Waals surface area contributed by atoms with Crippen LogP contribution >= 0.6 is 11.6 Å². The van der Waals surface area contributed by atoms with E-state index in [0.29, 0.717) is 0 Å². The van der Waals surface area contributed by atoms with Gasteiger partial charge in [0.15, 0.2) is 0 Å².